The smallest absolute Gasteiger partial charge is 0.416 e. The minimum atomic E-state index is -4.51. The van der Waals surface area contributed by atoms with Crippen LogP contribution >= 0.6 is 0 Å². The largest absolute Gasteiger partial charge is 0.497 e. The van der Waals surface area contributed by atoms with Crippen LogP contribution in [0.2, 0.25) is 0 Å². The molecule has 0 aliphatic heterocycles. The highest BCUT2D eigenvalue weighted by atomic mass is 19.4. The van der Waals surface area contributed by atoms with Gasteiger partial charge in [-0.1, -0.05) is 18.2 Å². The number of esters is 1. The van der Waals surface area contributed by atoms with Gasteiger partial charge < -0.3 is 20.1 Å². The Kier molecular flexibility index (Phi) is 7.50. The van der Waals surface area contributed by atoms with Crippen LogP contribution in [0, 0.1) is 0 Å². The fourth-order valence-corrected chi connectivity index (χ4v) is 2.78. The molecule has 3 rings (SSSR count). The maximum Gasteiger partial charge on any atom is 0.416 e. The Labute approximate surface area is 187 Å². The van der Waals surface area contributed by atoms with Gasteiger partial charge in [0.2, 0.25) is 0 Å². The zero-order valence-corrected chi connectivity index (χ0v) is 17.5. The lowest BCUT2D eigenvalue weighted by molar-refractivity contribution is -0.137. The van der Waals surface area contributed by atoms with Crippen LogP contribution in [-0.2, 0) is 22.3 Å². The van der Waals surface area contributed by atoms with Gasteiger partial charge in [0.05, 0.1) is 12.7 Å². The molecular formula is C23H20F3N3O4. The molecule has 0 aliphatic rings. The van der Waals surface area contributed by atoms with Crippen molar-refractivity contribution in [3.05, 3.63) is 83.6 Å². The number of benzene rings is 2. The molecule has 0 unspecified atom stereocenters. The molecule has 0 spiro atoms. The Morgan fingerprint density at radius 1 is 1.03 bits per heavy atom. The van der Waals surface area contributed by atoms with Gasteiger partial charge in [-0.2, -0.15) is 13.2 Å². The monoisotopic (exact) mass is 459 g/mol. The molecule has 7 nitrogen and oxygen atoms in total. The van der Waals surface area contributed by atoms with Crippen LogP contribution in [0.1, 0.15) is 21.5 Å². The first-order valence-electron chi connectivity index (χ1n) is 9.72. The second-order valence-corrected chi connectivity index (χ2v) is 6.80. The van der Waals surface area contributed by atoms with E-state index in [1.54, 1.807) is 31.4 Å². The van der Waals surface area contributed by atoms with E-state index in [1.165, 1.54) is 30.5 Å². The number of alkyl halides is 3. The lowest BCUT2D eigenvalue weighted by Crippen LogP contribution is -2.28. The number of nitrogens with one attached hydrogen (secondary N) is 2. The molecule has 3 aromatic rings. The van der Waals surface area contributed by atoms with Gasteiger partial charge in [-0.15, -0.1) is 0 Å². The molecular weight excluding hydrogens is 439 g/mol. The topological polar surface area (TPSA) is 89.5 Å². The first-order chi connectivity index (χ1) is 15.8. The highest BCUT2D eigenvalue weighted by molar-refractivity contribution is 5.96. The van der Waals surface area contributed by atoms with Crippen LogP contribution < -0.4 is 15.4 Å². The highest BCUT2D eigenvalue weighted by Gasteiger charge is 2.30. The molecule has 0 bridgehead atoms. The molecule has 2 aromatic carbocycles. The van der Waals surface area contributed by atoms with E-state index >= 15 is 0 Å². The van der Waals surface area contributed by atoms with Gasteiger partial charge in [-0.3, -0.25) is 4.79 Å². The highest BCUT2D eigenvalue weighted by Crippen LogP contribution is 2.31. The van der Waals surface area contributed by atoms with E-state index in [0.717, 1.165) is 17.7 Å². The molecule has 0 saturated heterocycles. The van der Waals surface area contributed by atoms with E-state index < -0.39 is 30.2 Å². The average molecular weight is 459 g/mol. The molecule has 10 heteroatoms. The standard InChI is InChI=1S/C23H20F3N3O4/c1-32-18-9-7-15(8-10-18)13-28-20(30)14-33-22(31)19-6-3-11-27-21(19)29-17-5-2-4-16(12-17)23(24,25)26/h2-12H,13-14H2,1H3,(H,27,29)(H,28,30). The second kappa shape index (κ2) is 10.5. The minimum absolute atomic E-state index is 0.000431. The average Bonchev–Trinajstić information content (AvgIpc) is 2.81. The fraction of sp³-hybridized carbons (Fsp3) is 0.174. The molecule has 0 atom stereocenters. The van der Waals surface area contributed by atoms with Crippen molar-refractivity contribution in [1.29, 1.82) is 0 Å². The number of carbonyl (C=O) groups excluding carboxylic acids is 2. The summed E-state index contributed by atoms with van der Waals surface area (Å²) in [5, 5.41) is 5.31. The number of nitrogens with zero attached hydrogens (tertiary/aromatic N) is 1. The van der Waals surface area contributed by atoms with Gasteiger partial charge in [0.25, 0.3) is 5.91 Å². The number of halogens is 3. The van der Waals surface area contributed by atoms with Gasteiger partial charge in [-0.25, -0.2) is 9.78 Å². The van der Waals surface area contributed by atoms with E-state index in [0.29, 0.717) is 5.75 Å². The molecule has 172 valence electrons. The van der Waals surface area contributed by atoms with Crippen LogP contribution in [0.15, 0.2) is 66.9 Å². The molecule has 33 heavy (non-hydrogen) atoms. The summed E-state index contributed by atoms with van der Waals surface area (Å²) in [6, 6.07) is 14.4. The number of hydrogen-bond acceptors (Lipinski definition) is 6. The summed E-state index contributed by atoms with van der Waals surface area (Å²) >= 11 is 0. The van der Waals surface area contributed by atoms with Crippen molar-refractivity contribution in [2.24, 2.45) is 0 Å². The van der Waals surface area contributed by atoms with Crippen molar-refractivity contribution >= 4 is 23.4 Å². The number of pyridine rings is 1. The van der Waals surface area contributed by atoms with E-state index in [2.05, 4.69) is 15.6 Å². The summed E-state index contributed by atoms with van der Waals surface area (Å²) in [5.41, 5.74) is 0.0454. The molecule has 0 radical (unpaired) electrons. The summed E-state index contributed by atoms with van der Waals surface area (Å²) < 4.78 is 48.9. The Bertz CT molecular complexity index is 1120. The fourth-order valence-electron chi connectivity index (χ4n) is 2.78. The molecule has 0 saturated carbocycles. The van der Waals surface area contributed by atoms with E-state index in [-0.39, 0.29) is 23.6 Å². The number of rotatable bonds is 8. The van der Waals surface area contributed by atoms with Gasteiger partial charge in [-0.05, 0) is 48.0 Å². The van der Waals surface area contributed by atoms with Gasteiger partial charge >= 0.3 is 12.1 Å². The third kappa shape index (κ3) is 6.70. The molecule has 1 heterocycles. The lowest BCUT2D eigenvalue weighted by Gasteiger charge is -2.13. The van der Waals surface area contributed by atoms with Gasteiger partial charge in [0, 0.05) is 18.4 Å². The predicted molar refractivity (Wildman–Crippen MR) is 114 cm³/mol. The number of carbonyl (C=O) groups is 2. The third-order valence-electron chi connectivity index (χ3n) is 4.46. The summed E-state index contributed by atoms with van der Waals surface area (Å²) in [4.78, 5) is 28.5. The van der Waals surface area contributed by atoms with Crippen LogP contribution in [0.5, 0.6) is 5.75 Å². The van der Waals surface area contributed by atoms with Crippen LogP contribution in [0.3, 0.4) is 0 Å². The van der Waals surface area contributed by atoms with E-state index in [4.69, 9.17) is 9.47 Å². The zero-order valence-electron chi connectivity index (χ0n) is 17.5. The van der Waals surface area contributed by atoms with Crippen molar-refractivity contribution < 1.29 is 32.2 Å². The Balaban J connectivity index is 1.59. The maximum absolute atomic E-state index is 12.9. The Hall–Kier alpha value is -4.08. The van der Waals surface area contributed by atoms with Crippen molar-refractivity contribution in [2.45, 2.75) is 12.7 Å². The molecule has 0 aliphatic carbocycles. The summed E-state index contributed by atoms with van der Waals surface area (Å²) in [6.07, 6.45) is -3.14. The normalized spacial score (nSPS) is 10.9. The third-order valence-corrected chi connectivity index (χ3v) is 4.46. The van der Waals surface area contributed by atoms with E-state index in [1.807, 2.05) is 0 Å². The van der Waals surface area contributed by atoms with Crippen LogP contribution in [0.25, 0.3) is 0 Å². The number of amides is 1. The number of ether oxygens (including phenoxy) is 2. The van der Waals surface area contributed by atoms with Gasteiger partial charge in [0.1, 0.15) is 17.1 Å². The summed E-state index contributed by atoms with van der Waals surface area (Å²) in [7, 11) is 1.55. The first kappa shape index (κ1) is 23.6. The summed E-state index contributed by atoms with van der Waals surface area (Å²) in [6.45, 7) is -0.303. The van der Waals surface area contributed by atoms with Crippen molar-refractivity contribution in [3.8, 4) is 5.75 Å². The van der Waals surface area contributed by atoms with Crippen molar-refractivity contribution in [2.75, 3.05) is 19.0 Å². The molecule has 0 fully saturated rings. The molecule has 1 amide bonds. The van der Waals surface area contributed by atoms with E-state index in [9.17, 15) is 22.8 Å². The number of methoxy groups -OCH3 is 1. The Morgan fingerprint density at radius 2 is 1.79 bits per heavy atom. The minimum Gasteiger partial charge on any atom is -0.497 e. The van der Waals surface area contributed by atoms with Crippen molar-refractivity contribution in [1.82, 2.24) is 10.3 Å². The quantitative estimate of drug-likeness (QED) is 0.488. The molecule has 1 aromatic heterocycles. The lowest BCUT2D eigenvalue weighted by atomic mass is 10.2. The number of aromatic nitrogens is 1. The van der Waals surface area contributed by atoms with Crippen LogP contribution in [0.4, 0.5) is 24.7 Å². The first-order valence-corrected chi connectivity index (χ1v) is 9.72. The SMILES string of the molecule is COc1ccc(CNC(=O)COC(=O)c2cccnc2Nc2cccc(C(F)(F)F)c2)cc1. The maximum atomic E-state index is 12.9. The number of hydrogen-bond donors (Lipinski definition) is 2. The number of anilines is 2. The summed E-state index contributed by atoms with van der Waals surface area (Å²) in [5.74, 6) is -0.682. The Morgan fingerprint density at radius 3 is 2.48 bits per heavy atom. The predicted octanol–water partition coefficient (Wildman–Crippen LogP) is 4.33. The van der Waals surface area contributed by atoms with Crippen molar-refractivity contribution in [3.63, 3.8) is 0 Å². The van der Waals surface area contributed by atoms with Gasteiger partial charge in [0.15, 0.2) is 6.61 Å². The van der Waals surface area contributed by atoms with Crippen LogP contribution in [-0.4, -0.2) is 30.6 Å². The zero-order chi connectivity index (χ0) is 23.8. The molecule has 2 N–H and O–H groups in total. The second-order valence-electron chi connectivity index (χ2n) is 6.80.